The molecule has 1 aromatic carbocycles. The number of halogens is 1. The molecule has 1 aromatic heterocycles. The molecule has 0 aliphatic heterocycles. The number of hydrogen-bond acceptors (Lipinski definition) is 3. The van der Waals surface area contributed by atoms with Crippen LogP contribution in [0.15, 0.2) is 41.0 Å². The molecule has 0 fully saturated rings. The summed E-state index contributed by atoms with van der Waals surface area (Å²) in [5.74, 6) is 0.411. The van der Waals surface area contributed by atoms with Gasteiger partial charge in [0.2, 0.25) is 11.8 Å². The van der Waals surface area contributed by atoms with E-state index >= 15 is 0 Å². The van der Waals surface area contributed by atoms with Crippen LogP contribution in [0.2, 0.25) is 5.02 Å². The first kappa shape index (κ1) is 17.1. The lowest BCUT2D eigenvalue weighted by atomic mass is 10.1. The van der Waals surface area contributed by atoms with Crippen molar-refractivity contribution in [2.45, 2.75) is 26.8 Å². The second-order valence-electron chi connectivity index (χ2n) is 5.21. The Morgan fingerprint density at radius 3 is 2.74 bits per heavy atom. The molecular formula is C17H19ClN2O3. The van der Waals surface area contributed by atoms with Gasteiger partial charge in [0.15, 0.2) is 0 Å². The van der Waals surface area contributed by atoms with Gasteiger partial charge in [0.1, 0.15) is 5.76 Å². The zero-order chi connectivity index (χ0) is 16.8. The Kier molecular flexibility index (Phi) is 5.82. The number of nitrogens with one attached hydrogen (secondary N) is 1. The highest BCUT2D eigenvalue weighted by atomic mass is 35.5. The third kappa shape index (κ3) is 4.86. The molecule has 1 heterocycles. The predicted molar refractivity (Wildman–Crippen MR) is 89.4 cm³/mol. The van der Waals surface area contributed by atoms with E-state index in [2.05, 4.69) is 5.32 Å². The van der Waals surface area contributed by atoms with Gasteiger partial charge in [-0.1, -0.05) is 17.7 Å². The van der Waals surface area contributed by atoms with Crippen molar-refractivity contribution in [3.05, 3.63) is 52.9 Å². The monoisotopic (exact) mass is 334 g/mol. The van der Waals surface area contributed by atoms with Crippen molar-refractivity contribution < 1.29 is 14.0 Å². The molecule has 0 bridgehead atoms. The van der Waals surface area contributed by atoms with E-state index in [1.54, 1.807) is 35.4 Å². The number of furan rings is 1. The lowest BCUT2D eigenvalue weighted by Crippen LogP contribution is -2.34. The Morgan fingerprint density at radius 1 is 1.30 bits per heavy atom. The average Bonchev–Trinajstić information content (AvgIpc) is 3.02. The van der Waals surface area contributed by atoms with Crippen molar-refractivity contribution in [1.82, 2.24) is 5.32 Å². The van der Waals surface area contributed by atoms with Gasteiger partial charge in [0.25, 0.3) is 0 Å². The first-order valence-electron chi connectivity index (χ1n) is 7.30. The second-order valence-corrected chi connectivity index (χ2v) is 5.64. The minimum atomic E-state index is -0.146. The highest BCUT2D eigenvalue weighted by Gasteiger charge is 2.16. The Bertz CT molecular complexity index is 683. The molecule has 0 radical (unpaired) electrons. The van der Waals surface area contributed by atoms with Crippen molar-refractivity contribution in [3.8, 4) is 0 Å². The van der Waals surface area contributed by atoms with Gasteiger partial charge in [-0.05, 0) is 36.8 Å². The third-order valence-corrected chi connectivity index (χ3v) is 3.68. The molecule has 0 saturated carbocycles. The number of benzene rings is 1. The van der Waals surface area contributed by atoms with Gasteiger partial charge in [-0.25, -0.2) is 0 Å². The Labute approximate surface area is 140 Å². The Hall–Kier alpha value is -2.27. The SMILES string of the molecule is CC(=O)N(CCC(=O)NCc1ccco1)c1cc(Cl)ccc1C. The van der Waals surface area contributed by atoms with Crippen molar-refractivity contribution in [1.29, 1.82) is 0 Å². The molecule has 2 amide bonds. The number of hydrogen-bond donors (Lipinski definition) is 1. The first-order chi connectivity index (χ1) is 11.0. The summed E-state index contributed by atoms with van der Waals surface area (Å²) in [6.07, 6.45) is 1.76. The topological polar surface area (TPSA) is 62.6 Å². The summed E-state index contributed by atoms with van der Waals surface area (Å²) >= 11 is 6.01. The molecule has 0 aliphatic rings. The number of nitrogens with zero attached hydrogens (tertiary/aromatic N) is 1. The van der Waals surface area contributed by atoms with Gasteiger partial charge in [0.05, 0.1) is 12.8 Å². The van der Waals surface area contributed by atoms with Crippen LogP contribution in [-0.4, -0.2) is 18.4 Å². The van der Waals surface area contributed by atoms with Gasteiger partial charge >= 0.3 is 0 Å². The van der Waals surface area contributed by atoms with Crippen molar-refractivity contribution in [2.75, 3.05) is 11.4 Å². The van der Waals surface area contributed by atoms with Gasteiger partial charge in [-0.3, -0.25) is 9.59 Å². The molecule has 23 heavy (non-hydrogen) atoms. The van der Waals surface area contributed by atoms with E-state index in [0.717, 1.165) is 11.3 Å². The molecule has 2 aromatic rings. The minimum Gasteiger partial charge on any atom is -0.467 e. The highest BCUT2D eigenvalue weighted by molar-refractivity contribution is 6.31. The maximum absolute atomic E-state index is 11.9. The number of amides is 2. The molecule has 0 saturated heterocycles. The quantitative estimate of drug-likeness (QED) is 0.881. The van der Waals surface area contributed by atoms with E-state index in [-0.39, 0.29) is 18.2 Å². The van der Waals surface area contributed by atoms with Gasteiger partial charge in [-0.2, -0.15) is 0 Å². The first-order valence-corrected chi connectivity index (χ1v) is 7.68. The maximum atomic E-state index is 11.9. The zero-order valence-corrected chi connectivity index (χ0v) is 13.9. The van der Waals surface area contributed by atoms with Crippen LogP contribution in [0.4, 0.5) is 5.69 Å². The normalized spacial score (nSPS) is 10.4. The van der Waals surface area contributed by atoms with Gasteiger partial charge in [0, 0.05) is 30.6 Å². The fourth-order valence-electron chi connectivity index (χ4n) is 2.22. The second kappa shape index (κ2) is 7.83. The van der Waals surface area contributed by atoms with Crippen LogP contribution < -0.4 is 10.2 Å². The molecular weight excluding hydrogens is 316 g/mol. The smallest absolute Gasteiger partial charge is 0.223 e. The van der Waals surface area contributed by atoms with Crippen molar-refractivity contribution >= 4 is 29.1 Å². The van der Waals surface area contributed by atoms with Gasteiger partial charge < -0.3 is 14.6 Å². The molecule has 0 unspecified atom stereocenters. The van der Waals surface area contributed by atoms with Crippen molar-refractivity contribution in [2.24, 2.45) is 0 Å². The molecule has 0 atom stereocenters. The van der Waals surface area contributed by atoms with Crippen LogP contribution in [0.3, 0.4) is 0 Å². The summed E-state index contributed by atoms with van der Waals surface area (Å²) in [7, 11) is 0. The largest absolute Gasteiger partial charge is 0.467 e. The summed E-state index contributed by atoms with van der Waals surface area (Å²) in [6, 6.07) is 8.91. The van der Waals surface area contributed by atoms with Crippen molar-refractivity contribution in [3.63, 3.8) is 0 Å². The minimum absolute atomic E-state index is 0.130. The van der Waals surface area contributed by atoms with Crippen LogP contribution in [0, 0.1) is 6.92 Å². The standard InChI is InChI=1S/C17H19ClN2O3/c1-12-5-6-14(18)10-16(12)20(13(2)21)8-7-17(22)19-11-15-4-3-9-23-15/h3-6,9-10H,7-8,11H2,1-2H3,(H,19,22). The lowest BCUT2D eigenvalue weighted by molar-refractivity contribution is -0.121. The third-order valence-electron chi connectivity index (χ3n) is 3.44. The highest BCUT2D eigenvalue weighted by Crippen LogP contribution is 2.24. The molecule has 6 heteroatoms. The molecule has 122 valence electrons. The summed E-state index contributed by atoms with van der Waals surface area (Å²) < 4.78 is 5.15. The van der Waals surface area contributed by atoms with Crippen LogP contribution in [-0.2, 0) is 16.1 Å². The lowest BCUT2D eigenvalue weighted by Gasteiger charge is -2.23. The van der Waals surface area contributed by atoms with E-state index in [0.29, 0.717) is 23.9 Å². The summed E-state index contributed by atoms with van der Waals surface area (Å²) in [4.78, 5) is 25.4. The molecule has 1 N–H and O–H groups in total. The van der Waals surface area contributed by atoms with E-state index in [1.165, 1.54) is 6.92 Å². The average molecular weight is 335 g/mol. The Balaban J connectivity index is 1.96. The van der Waals surface area contributed by atoms with Crippen LogP contribution >= 0.6 is 11.6 Å². The summed E-state index contributed by atoms with van der Waals surface area (Å²) in [5, 5.41) is 3.31. The Morgan fingerprint density at radius 2 is 2.09 bits per heavy atom. The molecule has 2 rings (SSSR count). The maximum Gasteiger partial charge on any atom is 0.223 e. The van der Waals surface area contributed by atoms with E-state index in [4.69, 9.17) is 16.0 Å². The van der Waals surface area contributed by atoms with Crippen LogP contribution in [0.5, 0.6) is 0 Å². The van der Waals surface area contributed by atoms with E-state index in [1.807, 2.05) is 13.0 Å². The number of carbonyl (C=O) groups is 2. The number of rotatable bonds is 6. The number of anilines is 1. The molecule has 0 aliphatic carbocycles. The fourth-order valence-corrected chi connectivity index (χ4v) is 2.39. The summed E-state index contributed by atoms with van der Waals surface area (Å²) in [5.41, 5.74) is 1.66. The zero-order valence-electron chi connectivity index (χ0n) is 13.1. The molecule has 5 nitrogen and oxygen atoms in total. The van der Waals surface area contributed by atoms with Crippen LogP contribution in [0.25, 0.3) is 0 Å². The predicted octanol–water partition coefficient (Wildman–Crippen LogP) is 3.30. The number of aryl methyl sites for hydroxylation is 1. The van der Waals surface area contributed by atoms with E-state index in [9.17, 15) is 9.59 Å². The van der Waals surface area contributed by atoms with Crippen LogP contribution in [0.1, 0.15) is 24.7 Å². The van der Waals surface area contributed by atoms with Gasteiger partial charge in [-0.15, -0.1) is 0 Å². The summed E-state index contributed by atoms with van der Waals surface area (Å²) in [6.45, 7) is 4.00. The molecule has 0 spiro atoms. The fraction of sp³-hybridized carbons (Fsp3) is 0.294. The number of carbonyl (C=O) groups excluding carboxylic acids is 2. The van der Waals surface area contributed by atoms with E-state index < -0.39 is 0 Å².